The summed E-state index contributed by atoms with van der Waals surface area (Å²) in [5.74, 6) is -1.25. The first-order valence-electron chi connectivity index (χ1n) is 15.1. The van der Waals surface area contributed by atoms with Gasteiger partial charge in [0.2, 0.25) is 11.8 Å². The van der Waals surface area contributed by atoms with E-state index in [1.54, 1.807) is 49.4 Å². The molecule has 0 aliphatic rings. The van der Waals surface area contributed by atoms with Crippen LogP contribution in [0.3, 0.4) is 0 Å². The summed E-state index contributed by atoms with van der Waals surface area (Å²) in [6.07, 6.45) is 0.183. The molecule has 0 fully saturated rings. The van der Waals surface area contributed by atoms with Gasteiger partial charge in [-0.05, 0) is 78.9 Å². The van der Waals surface area contributed by atoms with Gasteiger partial charge in [0.25, 0.3) is 10.0 Å². The minimum Gasteiger partial charge on any atom is -0.354 e. The molecule has 0 aliphatic heterocycles. The third-order valence-corrected chi connectivity index (χ3v) is 9.55. The molecule has 0 aliphatic carbocycles. The summed E-state index contributed by atoms with van der Waals surface area (Å²) in [4.78, 5) is 29.8. The van der Waals surface area contributed by atoms with Gasteiger partial charge in [0, 0.05) is 24.5 Å². The van der Waals surface area contributed by atoms with Crippen molar-refractivity contribution in [3.05, 3.63) is 130 Å². The van der Waals surface area contributed by atoms with Crippen molar-refractivity contribution in [3.63, 3.8) is 0 Å². The molecule has 1 N–H and O–H groups in total. The van der Waals surface area contributed by atoms with E-state index in [-0.39, 0.29) is 35.4 Å². The third-order valence-electron chi connectivity index (χ3n) is 7.54. The van der Waals surface area contributed by atoms with Crippen LogP contribution in [0.4, 0.5) is 10.1 Å². The Balaban J connectivity index is 1.82. The Kier molecular flexibility index (Phi) is 11.6. The van der Waals surface area contributed by atoms with Gasteiger partial charge in [0.05, 0.1) is 10.6 Å². The normalized spacial score (nSPS) is 12.1. The Morgan fingerprint density at radius 1 is 0.870 bits per heavy atom. The number of halogens is 2. The van der Waals surface area contributed by atoms with Crippen molar-refractivity contribution >= 4 is 39.1 Å². The number of hydrogen-bond donors (Lipinski definition) is 1. The second-order valence-electron chi connectivity index (χ2n) is 11.7. The molecule has 4 aromatic carbocycles. The van der Waals surface area contributed by atoms with Gasteiger partial charge in [-0.2, -0.15) is 0 Å². The first-order valence-corrected chi connectivity index (χ1v) is 16.9. The number of nitrogens with one attached hydrogen (secondary N) is 1. The highest BCUT2D eigenvalue weighted by atomic mass is 35.5. The maximum atomic E-state index is 14.5. The lowest BCUT2D eigenvalue weighted by atomic mass is 10.0. The summed E-state index contributed by atoms with van der Waals surface area (Å²) in [5, 5.41) is 3.37. The van der Waals surface area contributed by atoms with E-state index in [1.165, 1.54) is 29.2 Å². The molecule has 1 unspecified atom stereocenters. The summed E-state index contributed by atoms with van der Waals surface area (Å²) in [6.45, 7) is 7.25. The van der Waals surface area contributed by atoms with E-state index in [1.807, 2.05) is 51.1 Å². The quantitative estimate of drug-likeness (QED) is 0.172. The number of anilines is 1. The van der Waals surface area contributed by atoms with Crippen LogP contribution in [0, 0.1) is 25.6 Å². The van der Waals surface area contributed by atoms with Crippen LogP contribution in [0.25, 0.3) is 0 Å². The number of hydrogen-bond acceptors (Lipinski definition) is 4. The van der Waals surface area contributed by atoms with Gasteiger partial charge < -0.3 is 10.2 Å². The van der Waals surface area contributed by atoms with Crippen molar-refractivity contribution in [2.24, 2.45) is 5.92 Å². The highest BCUT2D eigenvalue weighted by molar-refractivity contribution is 7.92. The molecule has 10 heteroatoms. The Morgan fingerprint density at radius 3 is 2.13 bits per heavy atom. The van der Waals surface area contributed by atoms with Crippen LogP contribution in [-0.4, -0.2) is 44.3 Å². The molecule has 2 amide bonds. The van der Waals surface area contributed by atoms with E-state index < -0.39 is 34.3 Å². The molecule has 4 aromatic rings. The highest BCUT2D eigenvalue weighted by Gasteiger charge is 2.35. The van der Waals surface area contributed by atoms with Gasteiger partial charge in [-0.25, -0.2) is 12.8 Å². The van der Waals surface area contributed by atoms with Crippen molar-refractivity contribution < 1.29 is 22.4 Å². The van der Waals surface area contributed by atoms with E-state index in [4.69, 9.17) is 11.6 Å². The summed E-state index contributed by atoms with van der Waals surface area (Å²) >= 11 is 6.22. The summed E-state index contributed by atoms with van der Waals surface area (Å²) in [6, 6.07) is 25.1. The number of carbonyl (C=O) groups is 2. The second-order valence-corrected chi connectivity index (χ2v) is 14.0. The molecule has 4 rings (SSSR count). The Hall–Kier alpha value is -4.21. The Bertz CT molecular complexity index is 1750. The highest BCUT2D eigenvalue weighted by Crippen LogP contribution is 2.30. The van der Waals surface area contributed by atoms with Gasteiger partial charge in [-0.1, -0.05) is 85.6 Å². The molecule has 0 bridgehead atoms. The maximum Gasteiger partial charge on any atom is 0.264 e. The van der Waals surface area contributed by atoms with Crippen molar-refractivity contribution in [3.8, 4) is 0 Å². The van der Waals surface area contributed by atoms with Crippen LogP contribution in [0.1, 0.15) is 36.1 Å². The van der Waals surface area contributed by atoms with Crippen molar-refractivity contribution in [2.75, 3.05) is 17.4 Å². The first-order chi connectivity index (χ1) is 21.8. The average Bonchev–Trinajstić information content (AvgIpc) is 3.02. The van der Waals surface area contributed by atoms with E-state index in [0.29, 0.717) is 22.7 Å². The summed E-state index contributed by atoms with van der Waals surface area (Å²) in [5.41, 5.74) is 3.12. The molecule has 0 spiro atoms. The lowest BCUT2D eigenvalue weighted by Gasteiger charge is -2.34. The molecular formula is C36H39ClFN3O4S. The molecule has 0 aromatic heterocycles. The number of amides is 2. The van der Waals surface area contributed by atoms with E-state index >= 15 is 0 Å². The monoisotopic (exact) mass is 663 g/mol. The molecule has 242 valence electrons. The standard InChI is InChI=1S/C36H39ClFN3O4S/c1-25(2)22-39-36(43)34(21-28-8-6-5-7-9-28)40(23-29-12-15-31(38)16-13-29)35(42)24-41(33-19-14-30(37)20-27(33)4)46(44,45)32-17-10-26(3)11-18-32/h5-20,25,34H,21-24H2,1-4H3,(H,39,43). The van der Waals surface area contributed by atoms with E-state index in [0.717, 1.165) is 15.4 Å². The zero-order valence-electron chi connectivity index (χ0n) is 26.4. The van der Waals surface area contributed by atoms with Crippen LogP contribution in [0.2, 0.25) is 5.02 Å². The Morgan fingerprint density at radius 2 is 1.52 bits per heavy atom. The number of nitrogens with zero attached hydrogens (tertiary/aromatic N) is 2. The minimum atomic E-state index is -4.25. The zero-order valence-corrected chi connectivity index (χ0v) is 28.0. The Labute approximate surface area is 276 Å². The van der Waals surface area contributed by atoms with Crippen LogP contribution in [0.15, 0.2) is 102 Å². The molecule has 46 heavy (non-hydrogen) atoms. The molecular weight excluding hydrogens is 625 g/mol. The van der Waals surface area contributed by atoms with Gasteiger partial charge in [0.1, 0.15) is 18.4 Å². The van der Waals surface area contributed by atoms with E-state index in [2.05, 4.69) is 5.32 Å². The molecule has 0 saturated carbocycles. The molecule has 7 nitrogen and oxygen atoms in total. The maximum absolute atomic E-state index is 14.5. The predicted octanol–water partition coefficient (Wildman–Crippen LogP) is 6.70. The minimum absolute atomic E-state index is 0.0147. The molecule has 0 heterocycles. The number of aryl methyl sites for hydroxylation is 2. The van der Waals surface area contributed by atoms with Crippen LogP contribution in [0.5, 0.6) is 0 Å². The number of rotatable bonds is 13. The van der Waals surface area contributed by atoms with Gasteiger partial charge in [0.15, 0.2) is 0 Å². The van der Waals surface area contributed by atoms with Crippen LogP contribution < -0.4 is 9.62 Å². The summed E-state index contributed by atoms with van der Waals surface area (Å²) in [7, 11) is -4.25. The fraction of sp³-hybridized carbons (Fsp3) is 0.278. The number of sulfonamides is 1. The van der Waals surface area contributed by atoms with E-state index in [9.17, 15) is 22.4 Å². The smallest absolute Gasteiger partial charge is 0.264 e. The lowest BCUT2D eigenvalue weighted by molar-refractivity contribution is -0.140. The average molecular weight is 664 g/mol. The van der Waals surface area contributed by atoms with Gasteiger partial charge >= 0.3 is 0 Å². The largest absolute Gasteiger partial charge is 0.354 e. The zero-order chi connectivity index (χ0) is 33.4. The number of carbonyl (C=O) groups excluding carboxylic acids is 2. The molecule has 0 saturated heterocycles. The second kappa shape index (κ2) is 15.4. The van der Waals surface area contributed by atoms with Gasteiger partial charge in [-0.15, -0.1) is 0 Å². The fourth-order valence-electron chi connectivity index (χ4n) is 5.01. The first kappa shape index (κ1) is 34.7. The van der Waals surface area contributed by atoms with Crippen molar-refractivity contribution in [1.82, 2.24) is 10.2 Å². The molecule has 1 atom stereocenters. The lowest BCUT2D eigenvalue weighted by Crippen LogP contribution is -2.53. The van der Waals surface area contributed by atoms with Crippen LogP contribution in [-0.2, 0) is 32.6 Å². The molecule has 0 radical (unpaired) electrons. The third kappa shape index (κ3) is 8.95. The summed E-state index contributed by atoms with van der Waals surface area (Å²) < 4.78 is 43.3. The van der Waals surface area contributed by atoms with Crippen molar-refractivity contribution in [1.29, 1.82) is 0 Å². The van der Waals surface area contributed by atoms with Crippen molar-refractivity contribution in [2.45, 2.75) is 51.6 Å². The fourth-order valence-corrected chi connectivity index (χ4v) is 6.72. The van der Waals surface area contributed by atoms with Gasteiger partial charge in [-0.3, -0.25) is 13.9 Å². The SMILES string of the molecule is Cc1ccc(S(=O)(=O)N(CC(=O)N(Cc2ccc(F)cc2)C(Cc2ccccc2)C(=O)NCC(C)C)c2ccc(Cl)cc2C)cc1. The topological polar surface area (TPSA) is 86.8 Å². The number of benzene rings is 4. The van der Waals surface area contributed by atoms with Crippen LogP contribution >= 0.6 is 11.6 Å². The predicted molar refractivity (Wildman–Crippen MR) is 181 cm³/mol.